The summed E-state index contributed by atoms with van der Waals surface area (Å²) in [4.78, 5) is 16.3. The number of carbonyl (C=O) groups is 1. The van der Waals surface area contributed by atoms with Crippen LogP contribution in [0.15, 0.2) is 24.3 Å². The van der Waals surface area contributed by atoms with Gasteiger partial charge in [0.25, 0.3) is 0 Å². The van der Waals surface area contributed by atoms with Crippen LogP contribution in [0.5, 0.6) is 0 Å². The molecule has 5 nitrogen and oxygen atoms in total. The largest absolute Gasteiger partial charge is 0.379 e. The van der Waals surface area contributed by atoms with Crippen molar-refractivity contribution in [1.82, 2.24) is 15.1 Å². The third-order valence-corrected chi connectivity index (χ3v) is 4.60. The highest BCUT2D eigenvalue weighted by molar-refractivity contribution is 5.74. The number of ether oxygens (including phenoxy) is 1. The van der Waals surface area contributed by atoms with E-state index in [2.05, 4.69) is 10.2 Å². The van der Waals surface area contributed by atoms with Crippen molar-refractivity contribution in [3.05, 3.63) is 35.6 Å². The Bertz CT molecular complexity index is 531. The minimum Gasteiger partial charge on any atom is -0.379 e. The van der Waals surface area contributed by atoms with E-state index in [0.29, 0.717) is 12.5 Å². The Morgan fingerprint density at radius 3 is 2.74 bits per heavy atom. The van der Waals surface area contributed by atoms with E-state index in [-0.39, 0.29) is 17.9 Å². The van der Waals surface area contributed by atoms with Gasteiger partial charge in [-0.1, -0.05) is 12.1 Å². The second-order valence-corrected chi connectivity index (χ2v) is 6.33. The lowest BCUT2D eigenvalue weighted by Gasteiger charge is -2.28. The van der Waals surface area contributed by atoms with Gasteiger partial charge in [0.15, 0.2) is 0 Å². The number of amides is 2. The van der Waals surface area contributed by atoms with Crippen molar-refractivity contribution in [1.29, 1.82) is 0 Å². The molecule has 3 rings (SSSR count). The highest BCUT2D eigenvalue weighted by atomic mass is 19.1. The maximum Gasteiger partial charge on any atom is 0.317 e. The molecular formula is C17H24FN3O2. The summed E-state index contributed by atoms with van der Waals surface area (Å²) >= 11 is 0. The number of hydrogen-bond acceptors (Lipinski definition) is 3. The zero-order valence-corrected chi connectivity index (χ0v) is 13.5. The van der Waals surface area contributed by atoms with Crippen LogP contribution in [0.25, 0.3) is 0 Å². The Labute approximate surface area is 136 Å². The fourth-order valence-corrected chi connectivity index (χ4v) is 2.92. The van der Waals surface area contributed by atoms with Crippen LogP contribution in [0.1, 0.15) is 17.9 Å². The van der Waals surface area contributed by atoms with E-state index >= 15 is 0 Å². The number of rotatable bonds is 5. The number of likely N-dealkylation sites (N-methyl/N-ethyl adjacent to an activating group) is 1. The van der Waals surface area contributed by atoms with Crippen molar-refractivity contribution in [2.75, 3.05) is 46.4 Å². The normalized spacial score (nSPS) is 24.3. The minimum atomic E-state index is -0.224. The lowest BCUT2D eigenvalue weighted by molar-refractivity contribution is 0.0357. The first-order chi connectivity index (χ1) is 11.1. The number of carbonyl (C=O) groups excluding carboxylic acids is 1. The molecule has 0 bridgehead atoms. The Hall–Kier alpha value is -1.66. The average Bonchev–Trinajstić information content (AvgIpc) is 3.33. The van der Waals surface area contributed by atoms with Gasteiger partial charge in [-0.25, -0.2) is 9.18 Å². The summed E-state index contributed by atoms with van der Waals surface area (Å²) in [5, 5.41) is 3.05. The second kappa shape index (κ2) is 7.27. The third-order valence-electron chi connectivity index (χ3n) is 4.60. The Kier molecular flexibility index (Phi) is 5.13. The smallest absolute Gasteiger partial charge is 0.317 e. The topological polar surface area (TPSA) is 44.8 Å². The van der Waals surface area contributed by atoms with Gasteiger partial charge in [-0.15, -0.1) is 0 Å². The first kappa shape index (κ1) is 16.2. The molecule has 2 aliphatic rings. The van der Waals surface area contributed by atoms with Crippen LogP contribution in [0.4, 0.5) is 9.18 Å². The van der Waals surface area contributed by atoms with Crippen molar-refractivity contribution in [3.8, 4) is 0 Å². The first-order valence-electron chi connectivity index (χ1n) is 8.20. The summed E-state index contributed by atoms with van der Waals surface area (Å²) in [7, 11) is 1.82. The molecule has 1 saturated heterocycles. The van der Waals surface area contributed by atoms with E-state index in [9.17, 15) is 9.18 Å². The van der Waals surface area contributed by atoms with Crippen molar-refractivity contribution >= 4 is 6.03 Å². The molecule has 1 aromatic rings. The first-order valence-corrected chi connectivity index (χ1v) is 8.20. The van der Waals surface area contributed by atoms with E-state index in [4.69, 9.17) is 4.74 Å². The average molecular weight is 321 g/mol. The number of morpholine rings is 1. The van der Waals surface area contributed by atoms with Crippen LogP contribution in [-0.2, 0) is 4.74 Å². The van der Waals surface area contributed by atoms with Crippen molar-refractivity contribution < 1.29 is 13.9 Å². The molecule has 2 atom stereocenters. The molecule has 1 heterocycles. The van der Waals surface area contributed by atoms with Crippen LogP contribution in [0.3, 0.4) is 0 Å². The quantitative estimate of drug-likeness (QED) is 0.897. The Morgan fingerprint density at radius 1 is 1.35 bits per heavy atom. The van der Waals surface area contributed by atoms with Crippen molar-refractivity contribution in [3.63, 3.8) is 0 Å². The molecule has 23 heavy (non-hydrogen) atoms. The Balaban J connectivity index is 1.40. The molecule has 2 amide bonds. The molecule has 0 unspecified atom stereocenters. The summed E-state index contributed by atoms with van der Waals surface area (Å²) in [6.07, 6.45) is 0.925. The van der Waals surface area contributed by atoms with Crippen LogP contribution in [-0.4, -0.2) is 68.3 Å². The molecule has 1 aromatic carbocycles. The van der Waals surface area contributed by atoms with Gasteiger partial charge in [0.05, 0.1) is 13.2 Å². The summed E-state index contributed by atoms with van der Waals surface area (Å²) < 4.78 is 18.3. The van der Waals surface area contributed by atoms with Crippen LogP contribution < -0.4 is 5.32 Å². The van der Waals surface area contributed by atoms with E-state index < -0.39 is 0 Å². The van der Waals surface area contributed by atoms with Gasteiger partial charge in [-0.05, 0) is 24.1 Å². The molecule has 0 spiro atoms. The molecule has 0 aromatic heterocycles. The minimum absolute atomic E-state index is 0.0344. The number of benzene rings is 1. The molecule has 0 radical (unpaired) electrons. The second-order valence-electron chi connectivity index (χ2n) is 6.33. The fraction of sp³-hybridized carbons (Fsp3) is 0.588. The molecule has 1 aliphatic carbocycles. The molecule has 2 fully saturated rings. The van der Waals surface area contributed by atoms with Crippen LogP contribution in [0, 0.1) is 5.82 Å². The van der Waals surface area contributed by atoms with Gasteiger partial charge in [0.2, 0.25) is 0 Å². The van der Waals surface area contributed by atoms with Gasteiger partial charge < -0.3 is 15.0 Å². The maximum absolute atomic E-state index is 12.9. The predicted molar refractivity (Wildman–Crippen MR) is 86.0 cm³/mol. The SMILES string of the molecule is CN(CCN1CCOCC1)C(=O)N[C@@H]1C[C@@H]1c1ccc(F)cc1. The molecule has 1 N–H and O–H groups in total. The summed E-state index contributed by atoms with van der Waals surface area (Å²) in [5.41, 5.74) is 1.09. The van der Waals surface area contributed by atoms with Crippen LogP contribution in [0.2, 0.25) is 0 Å². The highest BCUT2D eigenvalue weighted by Gasteiger charge is 2.39. The number of hydrogen-bond donors (Lipinski definition) is 1. The van der Waals surface area contributed by atoms with E-state index in [1.165, 1.54) is 12.1 Å². The van der Waals surface area contributed by atoms with Gasteiger partial charge in [-0.2, -0.15) is 0 Å². The zero-order valence-electron chi connectivity index (χ0n) is 13.5. The lowest BCUT2D eigenvalue weighted by Crippen LogP contribution is -2.45. The molecule has 1 aliphatic heterocycles. The van der Waals surface area contributed by atoms with Gasteiger partial charge >= 0.3 is 6.03 Å². The van der Waals surface area contributed by atoms with E-state index in [1.807, 2.05) is 7.05 Å². The molecule has 6 heteroatoms. The maximum atomic E-state index is 12.9. The highest BCUT2D eigenvalue weighted by Crippen LogP contribution is 2.40. The van der Waals surface area contributed by atoms with Gasteiger partial charge in [0, 0.05) is 45.2 Å². The van der Waals surface area contributed by atoms with Gasteiger partial charge in [0.1, 0.15) is 5.82 Å². The summed E-state index contributed by atoms with van der Waals surface area (Å²) in [6, 6.07) is 6.68. The molecule has 1 saturated carbocycles. The van der Waals surface area contributed by atoms with Crippen molar-refractivity contribution in [2.24, 2.45) is 0 Å². The number of urea groups is 1. The third kappa shape index (κ3) is 4.42. The Morgan fingerprint density at radius 2 is 2.04 bits per heavy atom. The summed E-state index contributed by atoms with van der Waals surface area (Å²) in [5.74, 6) is 0.0880. The molecule has 126 valence electrons. The fourth-order valence-electron chi connectivity index (χ4n) is 2.92. The number of nitrogens with zero attached hydrogens (tertiary/aromatic N) is 2. The monoisotopic (exact) mass is 321 g/mol. The predicted octanol–water partition coefficient (Wildman–Crippen LogP) is 1.66. The number of nitrogens with one attached hydrogen (secondary N) is 1. The van der Waals surface area contributed by atoms with Gasteiger partial charge in [-0.3, -0.25) is 4.90 Å². The standard InChI is InChI=1S/C17H24FN3O2/c1-20(6-7-21-8-10-23-11-9-21)17(22)19-16-12-15(16)13-2-4-14(18)5-3-13/h2-5,15-16H,6-12H2,1H3,(H,19,22)/t15-,16-/m1/s1. The van der Waals surface area contributed by atoms with E-state index in [0.717, 1.165) is 44.8 Å². The van der Waals surface area contributed by atoms with Crippen LogP contribution >= 0.6 is 0 Å². The van der Waals surface area contributed by atoms with E-state index in [1.54, 1.807) is 17.0 Å². The lowest BCUT2D eigenvalue weighted by atomic mass is 10.1. The number of halogens is 1. The zero-order chi connectivity index (χ0) is 16.2. The van der Waals surface area contributed by atoms with Crippen molar-refractivity contribution in [2.45, 2.75) is 18.4 Å². The summed E-state index contributed by atoms with van der Waals surface area (Å²) in [6.45, 7) is 5.00. The molecular weight excluding hydrogens is 297 g/mol.